The fraction of sp³-hybridized carbons (Fsp3) is 0.333. The zero-order chi connectivity index (χ0) is 20.0. The van der Waals surface area contributed by atoms with E-state index < -0.39 is 5.97 Å². The molecule has 0 aliphatic carbocycles. The maximum absolute atomic E-state index is 12.6. The fourth-order valence-electron chi connectivity index (χ4n) is 3.46. The number of aryl methyl sites for hydroxylation is 2. The maximum atomic E-state index is 12.6. The Balaban J connectivity index is 2.12. The van der Waals surface area contributed by atoms with Gasteiger partial charge in [-0.2, -0.15) is 0 Å². The molecule has 0 bridgehead atoms. The molecule has 144 valence electrons. The van der Waals surface area contributed by atoms with E-state index >= 15 is 0 Å². The number of ether oxygens (including phenoxy) is 2. The SMILES string of the molecule is COCc1c(C(=O)OC(C)C)ncc2[nH]c3ccc4nc(C)c(C)nc4c3c12. The van der Waals surface area contributed by atoms with Gasteiger partial charge in [-0.25, -0.2) is 19.7 Å². The number of pyridine rings is 1. The third kappa shape index (κ3) is 2.88. The predicted molar refractivity (Wildman–Crippen MR) is 107 cm³/mol. The van der Waals surface area contributed by atoms with E-state index in [1.54, 1.807) is 13.3 Å². The van der Waals surface area contributed by atoms with Crippen LogP contribution >= 0.6 is 0 Å². The van der Waals surface area contributed by atoms with E-state index in [-0.39, 0.29) is 18.4 Å². The lowest BCUT2D eigenvalue weighted by Gasteiger charge is -2.12. The van der Waals surface area contributed by atoms with Crippen molar-refractivity contribution in [3.8, 4) is 0 Å². The zero-order valence-corrected chi connectivity index (χ0v) is 16.6. The number of esters is 1. The van der Waals surface area contributed by atoms with E-state index in [1.165, 1.54) is 0 Å². The standard InChI is InChI=1S/C21H22N4O3/c1-10(2)28-21(26)19-13(9-27-5)17-16(8-22-19)25-14-6-7-15-20(18(14)17)24-12(4)11(3)23-15/h6-8,10,25H,9H2,1-5H3. The number of H-pyrrole nitrogens is 1. The lowest BCUT2D eigenvalue weighted by molar-refractivity contribution is 0.0366. The Morgan fingerprint density at radius 3 is 2.57 bits per heavy atom. The number of nitrogens with zero attached hydrogens (tertiary/aromatic N) is 3. The summed E-state index contributed by atoms with van der Waals surface area (Å²) >= 11 is 0. The van der Waals surface area contributed by atoms with Gasteiger partial charge in [0.1, 0.15) is 0 Å². The molecular formula is C21H22N4O3. The fourth-order valence-corrected chi connectivity index (χ4v) is 3.46. The monoisotopic (exact) mass is 378 g/mol. The normalized spacial score (nSPS) is 11.8. The van der Waals surface area contributed by atoms with Crippen molar-refractivity contribution < 1.29 is 14.3 Å². The molecule has 4 rings (SSSR count). The van der Waals surface area contributed by atoms with Crippen LogP contribution in [0.2, 0.25) is 0 Å². The molecule has 1 aromatic carbocycles. The number of carbonyl (C=O) groups excluding carboxylic acids is 1. The molecule has 0 fully saturated rings. The first kappa shape index (κ1) is 18.3. The minimum atomic E-state index is -0.461. The van der Waals surface area contributed by atoms with Gasteiger partial charge in [0.15, 0.2) is 5.69 Å². The second kappa shape index (κ2) is 6.83. The number of hydrogen-bond acceptors (Lipinski definition) is 6. The van der Waals surface area contributed by atoms with Crippen molar-refractivity contribution in [2.75, 3.05) is 7.11 Å². The second-order valence-corrected chi connectivity index (χ2v) is 7.14. The largest absolute Gasteiger partial charge is 0.458 e. The second-order valence-electron chi connectivity index (χ2n) is 7.14. The molecular weight excluding hydrogens is 356 g/mol. The van der Waals surface area contributed by atoms with Crippen molar-refractivity contribution in [3.63, 3.8) is 0 Å². The number of fused-ring (bicyclic) bond motifs is 5. The van der Waals surface area contributed by atoms with Crippen LogP contribution in [0.5, 0.6) is 0 Å². The van der Waals surface area contributed by atoms with Gasteiger partial charge in [-0.3, -0.25) is 0 Å². The van der Waals surface area contributed by atoms with Crippen LogP contribution in [0.1, 0.15) is 41.3 Å². The highest BCUT2D eigenvalue weighted by molar-refractivity contribution is 6.20. The van der Waals surface area contributed by atoms with Crippen molar-refractivity contribution in [3.05, 3.63) is 41.0 Å². The van der Waals surface area contributed by atoms with Crippen LogP contribution < -0.4 is 0 Å². The third-order valence-electron chi connectivity index (χ3n) is 4.77. The first-order valence-electron chi connectivity index (χ1n) is 9.17. The highest BCUT2D eigenvalue weighted by Gasteiger charge is 2.22. The zero-order valence-electron chi connectivity index (χ0n) is 16.6. The van der Waals surface area contributed by atoms with Crippen LogP contribution in [0.3, 0.4) is 0 Å². The van der Waals surface area contributed by atoms with E-state index in [4.69, 9.17) is 14.5 Å². The Hall–Kier alpha value is -3.06. The van der Waals surface area contributed by atoms with Gasteiger partial charge >= 0.3 is 5.97 Å². The molecule has 7 nitrogen and oxygen atoms in total. The summed E-state index contributed by atoms with van der Waals surface area (Å²) in [7, 11) is 1.59. The molecule has 0 saturated heterocycles. The van der Waals surface area contributed by atoms with Gasteiger partial charge in [0.25, 0.3) is 0 Å². The van der Waals surface area contributed by atoms with Crippen LogP contribution in [0, 0.1) is 13.8 Å². The van der Waals surface area contributed by atoms with Crippen molar-refractivity contribution in [2.24, 2.45) is 0 Å². The molecule has 0 amide bonds. The first-order valence-corrected chi connectivity index (χ1v) is 9.17. The van der Waals surface area contributed by atoms with Gasteiger partial charge in [-0.1, -0.05) is 0 Å². The van der Waals surface area contributed by atoms with Crippen LogP contribution in [0.4, 0.5) is 0 Å². The average molecular weight is 378 g/mol. The van der Waals surface area contributed by atoms with Gasteiger partial charge in [0.05, 0.1) is 46.8 Å². The van der Waals surface area contributed by atoms with E-state index in [0.717, 1.165) is 44.2 Å². The van der Waals surface area contributed by atoms with Gasteiger partial charge < -0.3 is 14.5 Å². The van der Waals surface area contributed by atoms with E-state index in [2.05, 4.69) is 15.0 Å². The van der Waals surface area contributed by atoms with Gasteiger partial charge in [-0.15, -0.1) is 0 Å². The number of rotatable bonds is 4. The molecule has 0 atom stereocenters. The Labute approximate surface area is 162 Å². The van der Waals surface area contributed by atoms with Gasteiger partial charge in [0.2, 0.25) is 0 Å². The summed E-state index contributed by atoms with van der Waals surface area (Å²) in [6.07, 6.45) is 1.42. The third-order valence-corrected chi connectivity index (χ3v) is 4.77. The van der Waals surface area contributed by atoms with Crippen molar-refractivity contribution in [2.45, 2.75) is 40.4 Å². The van der Waals surface area contributed by atoms with E-state index in [9.17, 15) is 4.79 Å². The molecule has 0 unspecified atom stereocenters. The van der Waals surface area contributed by atoms with Crippen LogP contribution in [-0.2, 0) is 16.1 Å². The van der Waals surface area contributed by atoms with Crippen molar-refractivity contribution in [1.29, 1.82) is 0 Å². The Kier molecular flexibility index (Phi) is 4.47. The summed E-state index contributed by atoms with van der Waals surface area (Å²) in [5.74, 6) is -0.461. The summed E-state index contributed by atoms with van der Waals surface area (Å²) in [6, 6.07) is 3.92. The molecule has 3 aromatic heterocycles. The maximum Gasteiger partial charge on any atom is 0.357 e. The number of carbonyl (C=O) groups is 1. The van der Waals surface area contributed by atoms with Gasteiger partial charge in [-0.05, 0) is 39.8 Å². The first-order chi connectivity index (χ1) is 13.4. The molecule has 1 N–H and O–H groups in total. The number of nitrogens with one attached hydrogen (secondary N) is 1. The van der Waals surface area contributed by atoms with Crippen LogP contribution in [-0.4, -0.2) is 39.1 Å². The van der Waals surface area contributed by atoms with Crippen molar-refractivity contribution in [1.82, 2.24) is 19.9 Å². The molecule has 7 heteroatoms. The molecule has 4 aromatic rings. The average Bonchev–Trinajstić information content (AvgIpc) is 3.02. The number of aromatic amines is 1. The smallest absolute Gasteiger partial charge is 0.357 e. The van der Waals surface area contributed by atoms with Crippen LogP contribution in [0.15, 0.2) is 18.3 Å². The number of aromatic nitrogens is 4. The molecule has 0 spiro atoms. The molecule has 0 aliphatic heterocycles. The summed E-state index contributed by atoms with van der Waals surface area (Å²) in [4.78, 5) is 29.8. The van der Waals surface area contributed by atoms with Crippen LogP contribution in [0.25, 0.3) is 32.8 Å². The summed E-state index contributed by atoms with van der Waals surface area (Å²) in [5, 5.41) is 1.78. The lowest BCUT2D eigenvalue weighted by Crippen LogP contribution is -2.15. The number of hydrogen-bond donors (Lipinski definition) is 1. The lowest BCUT2D eigenvalue weighted by atomic mass is 10.0. The topological polar surface area (TPSA) is 90.0 Å². The highest BCUT2D eigenvalue weighted by Crippen LogP contribution is 2.34. The van der Waals surface area contributed by atoms with E-state index in [0.29, 0.717) is 5.56 Å². The minimum Gasteiger partial charge on any atom is -0.458 e. The quantitative estimate of drug-likeness (QED) is 0.540. The Morgan fingerprint density at radius 2 is 1.86 bits per heavy atom. The van der Waals surface area contributed by atoms with Crippen molar-refractivity contribution >= 4 is 38.8 Å². The Morgan fingerprint density at radius 1 is 1.11 bits per heavy atom. The number of benzene rings is 1. The molecule has 3 heterocycles. The minimum absolute atomic E-state index is 0.231. The number of methoxy groups -OCH3 is 1. The van der Waals surface area contributed by atoms with E-state index in [1.807, 2.05) is 39.8 Å². The molecule has 0 saturated carbocycles. The molecule has 0 aliphatic rings. The molecule has 0 radical (unpaired) electrons. The highest BCUT2D eigenvalue weighted by atomic mass is 16.5. The Bertz CT molecular complexity index is 1230. The molecule has 28 heavy (non-hydrogen) atoms. The van der Waals surface area contributed by atoms with Gasteiger partial charge in [0, 0.05) is 29.0 Å². The summed E-state index contributed by atoms with van der Waals surface area (Å²) in [6.45, 7) is 7.74. The predicted octanol–water partition coefficient (Wildman–Crippen LogP) is 3.99. The summed E-state index contributed by atoms with van der Waals surface area (Å²) < 4.78 is 10.8. The summed E-state index contributed by atoms with van der Waals surface area (Å²) in [5.41, 5.74) is 6.04.